The molecule has 0 aliphatic heterocycles. The fraction of sp³-hybridized carbons (Fsp3) is 0.143. The largest absolute Gasteiger partial charge is 0.478 e. The van der Waals surface area contributed by atoms with Gasteiger partial charge in [-0.2, -0.15) is 0 Å². The summed E-state index contributed by atoms with van der Waals surface area (Å²) < 4.78 is 0. The van der Waals surface area contributed by atoms with E-state index in [9.17, 15) is 9.59 Å². The highest BCUT2D eigenvalue weighted by atomic mass is 16.4. The van der Waals surface area contributed by atoms with Gasteiger partial charge in [-0.3, -0.25) is 4.79 Å². The summed E-state index contributed by atoms with van der Waals surface area (Å²) >= 11 is 0. The van der Waals surface area contributed by atoms with E-state index in [1.807, 2.05) is 18.3 Å². The number of rotatable bonds is 5. The maximum Gasteiger partial charge on any atom is 0.335 e. The van der Waals surface area contributed by atoms with Gasteiger partial charge in [0.1, 0.15) is 0 Å². The highest BCUT2D eigenvalue weighted by Crippen LogP contribution is 2.04. The Labute approximate surface area is 110 Å². The van der Waals surface area contributed by atoms with Crippen LogP contribution in [0.15, 0.2) is 42.6 Å². The average molecular weight is 258 g/mol. The lowest BCUT2D eigenvalue weighted by molar-refractivity contribution is 0.0696. The number of aromatic carboxylic acids is 1. The lowest BCUT2D eigenvalue weighted by Crippen LogP contribution is -2.25. The van der Waals surface area contributed by atoms with Crippen molar-refractivity contribution in [3.63, 3.8) is 0 Å². The van der Waals surface area contributed by atoms with Crippen LogP contribution in [0.5, 0.6) is 0 Å². The van der Waals surface area contributed by atoms with Crippen molar-refractivity contribution in [1.82, 2.24) is 10.3 Å². The molecule has 1 amide bonds. The number of aromatic nitrogens is 1. The number of carboxylic acid groups (broad SMARTS) is 1. The molecule has 1 heterocycles. The molecule has 0 radical (unpaired) electrons. The van der Waals surface area contributed by atoms with E-state index in [0.29, 0.717) is 12.1 Å². The van der Waals surface area contributed by atoms with Crippen molar-refractivity contribution >= 4 is 11.9 Å². The number of carboxylic acids is 1. The van der Waals surface area contributed by atoms with Gasteiger partial charge in [0.2, 0.25) is 0 Å². The Morgan fingerprint density at radius 2 is 1.79 bits per heavy atom. The Bertz CT molecular complexity index is 559. The van der Waals surface area contributed by atoms with E-state index in [4.69, 9.17) is 5.11 Å². The predicted molar refractivity (Wildman–Crippen MR) is 70.2 cm³/mol. The molecule has 0 aliphatic carbocycles. The van der Waals surface area contributed by atoms with Crippen LogP contribution in [0, 0.1) is 0 Å². The SMILES string of the molecule is O=C(O)c1ccc(C(=O)NCCc2ccc[nH]2)cc1. The topological polar surface area (TPSA) is 82.2 Å². The Morgan fingerprint density at radius 1 is 1.11 bits per heavy atom. The molecule has 0 spiro atoms. The van der Waals surface area contributed by atoms with Crippen molar-refractivity contribution < 1.29 is 14.7 Å². The summed E-state index contributed by atoms with van der Waals surface area (Å²) in [6, 6.07) is 9.71. The molecule has 0 fully saturated rings. The number of hydrogen-bond donors (Lipinski definition) is 3. The molecule has 98 valence electrons. The summed E-state index contributed by atoms with van der Waals surface area (Å²) in [5.41, 5.74) is 1.68. The first-order chi connectivity index (χ1) is 9.16. The molecule has 19 heavy (non-hydrogen) atoms. The van der Waals surface area contributed by atoms with Crippen LogP contribution >= 0.6 is 0 Å². The Kier molecular flexibility index (Phi) is 3.97. The van der Waals surface area contributed by atoms with Crippen molar-refractivity contribution in [1.29, 1.82) is 0 Å². The summed E-state index contributed by atoms with van der Waals surface area (Å²) in [6.07, 6.45) is 2.56. The molecule has 2 aromatic rings. The van der Waals surface area contributed by atoms with Crippen LogP contribution in [0.25, 0.3) is 0 Å². The predicted octanol–water partition coefficient (Wildman–Crippen LogP) is 1.69. The lowest BCUT2D eigenvalue weighted by Gasteiger charge is -2.04. The van der Waals surface area contributed by atoms with Gasteiger partial charge in [0, 0.05) is 30.4 Å². The Hall–Kier alpha value is -2.56. The first-order valence-electron chi connectivity index (χ1n) is 5.90. The highest BCUT2D eigenvalue weighted by molar-refractivity contribution is 5.95. The maximum atomic E-state index is 11.8. The maximum absolute atomic E-state index is 11.8. The van der Waals surface area contributed by atoms with Crippen molar-refractivity contribution in [2.75, 3.05) is 6.54 Å². The summed E-state index contributed by atoms with van der Waals surface area (Å²) in [5, 5.41) is 11.5. The minimum atomic E-state index is -1.00. The minimum Gasteiger partial charge on any atom is -0.478 e. The smallest absolute Gasteiger partial charge is 0.335 e. The normalized spacial score (nSPS) is 10.1. The molecule has 0 saturated heterocycles. The third-order valence-electron chi connectivity index (χ3n) is 2.74. The van der Waals surface area contributed by atoms with Crippen LogP contribution in [-0.4, -0.2) is 28.5 Å². The molecular formula is C14H14N2O3. The van der Waals surface area contributed by atoms with E-state index >= 15 is 0 Å². The zero-order valence-electron chi connectivity index (χ0n) is 10.2. The van der Waals surface area contributed by atoms with E-state index in [0.717, 1.165) is 12.1 Å². The van der Waals surface area contributed by atoms with Crippen LogP contribution in [0.4, 0.5) is 0 Å². The van der Waals surface area contributed by atoms with Gasteiger partial charge in [-0.15, -0.1) is 0 Å². The second-order valence-electron chi connectivity index (χ2n) is 4.08. The van der Waals surface area contributed by atoms with Gasteiger partial charge in [-0.25, -0.2) is 4.79 Å². The molecule has 0 aliphatic rings. The standard InChI is InChI=1S/C14H14N2O3/c17-13(16-9-7-12-2-1-8-15-12)10-3-5-11(6-4-10)14(18)19/h1-6,8,15H,7,9H2,(H,16,17)(H,18,19). The number of H-pyrrole nitrogens is 1. The number of carbonyl (C=O) groups is 2. The summed E-state index contributed by atoms with van der Waals surface area (Å²) in [4.78, 5) is 25.5. The average Bonchev–Trinajstić information content (AvgIpc) is 2.92. The molecule has 0 saturated carbocycles. The summed E-state index contributed by atoms with van der Waals surface area (Å²) in [5.74, 6) is -1.21. The Balaban J connectivity index is 1.87. The number of benzene rings is 1. The number of hydrogen-bond acceptors (Lipinski definition) is 2. The number of carbonyl (C=O) groups excluding carboxylic acids is 1. The zero-order valence-corrected chi connectivity index (χ0v) is 10.2. The van der Waals surface area contributed by atoms with Gasteiger partial charge in [0.25, 0.3) is 5.91 Å². The molecule has 1 aromatic heterocycles. The van der Waals surface area contributed by atoms with E-state index < -0.39 is 5.97 Å². The molecule has 0 bridgehead atoms. The molecular weight excluding hydrogens is 244 g/mol. The molecule has 0 atom stereocenters. The van der Waals surface area contributed by atoms with E-state index in [-0.39, 0.29) is 11.5 Å². The van der Waals surface area contributed by atoms with Gasteiger partial charge in [-0.05, 0) is 36.4 Å². The number of amides is 1. The molecule has 0 unspecified atom stereocenters. The van der Waals surface area contributed by atoms with Crippen molar-refractivity contribution in [3.8, 4) is 0 Å². The molecule has 1 aromatic carbocycles. The van der Waals surface area contributed by atoms with Gasteiger partial charge in [-0.1, -0.05) is 0 Å². The third kappa shape index (κ3) is 3.45. The van der Waals surface area contributed by atoms with E-state index in [2.05, 4.69) is 10.3 Å². The minimum absolute atomic E-state index is 0.169. The first-order valence-corrected chi connectivity index (χ1v) is 5.90. The molecule has 3 N–H and O–H groups in total. The third-order valence-corrected chi connectivity index (χ3v) is 2.74. The molecule has 2 rings (SSSR count). The van der Waals surface area contributed by atoms with E-state index in [1.165, 1.54) is 24.3 Å². The fourth-order valence-corrected chi connectivity index (χ4v) is 1.70. The van der Waals surface area contributed by atoms with E-state index in [1.54, 1.807) is 0 Å². The van der Waals surface area contributed by atoms with Crippen LogP contribution in [0.3, 0.4) is 0 Å². The van der Waals surface area contributed by atoms with Crippen LogP contribution < -0.4 is 5.32 Å². The van der Waals surface area contributed by atoms with Crippen LogP contribution in [0.1, 0.15) is 26.4 Å². The monoisotopic (exact) mass is 258 g/mol. The van der Waals surface area contributed by atoms with Gasteiger partial charge >= 0.3 is 5.97 Å². The number of aromatic amines is 1. The number of nitrogens with one attached hydrogen (secondary N) is 2. The summed E-state index contributed by atoms with van der Waals surface area (Å²) in [6.45, 7) is 0.528. The fourth-order valence-electron chi connectivity index (χ4n) is 1.70. The second-order valence-corrected chi connectivity index (χ2v) is 4.08. The van der Waals surface area contributed by atoms with Crippen LogP contribution in [0.2, 0.25) is 0 Å². The quantitative estimate of drug-likeness (QED) is 0.763. The second kappa shape index (κ2) is 5.86. The zero-order chi connectivity index (χ0) is 13.7. The highest BCUT2D eigenvalue weighted by Gasteiger charge is 2.07. The first kappa shape index (κ1) is 12.9. The van der Waals surface area contributed by atoms with Gasteiger partial charge in [0.15, 0.2) is 0 Å². The van der Waals surface area contributed by atoms with Crippen molar-refractivity contribution in [2.24, 2.45) is 0 Å². The van der Waals surface area contributed by atoms with Crippen LogP contribution in [-0.2, 0) is 6.42 Å². The summed E-state index contributed by atoms with van der Waals surface area (Å²) in [7, 11) is 0. The molecule has 5 nitrogen and oxygen atoms in total. The van der Waals surface area contributed by atoms with Gasteiger partial charge < -0.3 is 15.4 Å². The van der Waals surface area contributed by atoms with Crippen molar-refractivity contribution in [3.05, 3.63) is 59.4 Å². The van der Waals surface area contributed by atoms with Crippen molar-refractivity contribution in [2.45, 2.75) is 6.42 Å². The lowest BCUT2D eigenvalue weighted by atomic mass is 10.1. The molecule has 5 heteroatoms. The van der Waals surface area contributed by atoms with Gasteiger partial charge in [0.05, 0.1) is 5.56 Å². The Morgan fingerprint density at radius 3 is 2.37 bits per heavy atom.